The van der Waals surface area contributed by atoms with Crippen LogP contribution in [0.3, 0.4) is 0 Å². The molecule has 1 spiro atoms. The lowest BCUT2D eigenvalue weighted by atomic mass is 9.71. The Labute approximate surface area is 220 Å². The van der Waals surface area contributed by atoms with Crippen LogP contribution in [0.25, 0.3) is 11.0 Å². The molecule has 0 saturated carbocycles. The van der Waals surface area contributed by atoms with E-state index in [1.807, 2.05) is 31.2 Å². The standard InChI is InChI=1S/C26H33N5O5S/c1-4-13-29(15-30-18-10-8-7-9-17(18)27-28-30)24(34)22-26-12-11-19(37-26)20(25(35)36-6-3)21(26)23(33)31(22)16(5-2)14-32/h4,7-10,16,19-22,32H,1,5-6,11-15H2,2-3H3/t16-,19+,20-,21-,22?,26?/m0/s1. The molecule has 198 valence electrons. The summed E-state index contributed by atoms with van der Waals surface area (Å²) in [7, 11) is 0. The van der Waals surface area contributed by atoms with Gasteiger partial charge in [0.05, 0.1) is 41.4 Å². The molecule has 4 heterocycles. The highest BCUT2D eigenvalue weighted by Gasteiger charge is 2.74. The summed E-state index contributed by atoms with van der Waals surface area (Å²) in [6, 6.07) is 6.18. The number of benzene rings is 1. The van der Waals surface area contributed by atoms with E-state index in [4.69, 9.17) is 4.74 Å². The van der Waals surface area contributed by atoms with Crippen LogP contribution in [-0.2, 0) is 25.8 Å². The van der Waals surface area contributed by atoms with Crippen LogP contribution in [0, 0.1) is 11.8 Å². The number of likely N-dealkylation sites (tertiary alicyclic amines) is 1. The van der Waals surface area contributed by atoms with E-state index in [1.165, 1.54) is 0 Å². The van der Waals surface area contributed by atoms with Crippen molar-refractivity contribution in [1.29, 1.82) is 0 Å². The summed E-state index contributed by atoms with van der Waals surface area (Å²) in [6.45, 7) is 7.84. The highest BCUT2D eigenvalue weighted by molar-refractivity contribution is 8.02. The molecule has 2 unspecified atom stereocenters. The minimum Gasteiger partial charge on any atom is -0.466 e. The lowest BCUT2D eigenvalue weighted by Gasteiger charge is -2.39. The molecule has 3 aliphatic heterocycles. The van der Waals surface area contributed by atoms with Gasteiger partial charge in [0.25, 0.3) is 0 Å². The monoisotopic (exact) mass is 527 g/mol. The van der Waals surface area contributed by atoms with Gasteiger partial charge in [0.15, 0.2) is 0 Å². The zero-order valence-electron chi connectivity index (χ0n) is 21.2. The van der Waals surface area contributed by atoms with Crippen molar-refractivity contribution in [3.8, 4) is 0 Å². The van der Waals surface area contributed by atoms with Crippen LogP contribution in [-0.4, -0.2) is 89.5 Å². The fourth-order valence-corrected chi connectivity index (χ4v) is 8.60. The third-order valence-corrected chi connectivity index (χ3v) is 9.94. The van der Waals surface area contributed by atoms with Crippen molar-refractivity contribution >= 4 is 40.6 Å². The number of ether oxygens (including phenoxy) is 1. The van der Waals surface area contributed by atoms with E-state index in [2.05, 4.69) is 16.9 Å². The van der Waals surface area contributed by atoms with Gasteiger partial charge in [-0.05, 0) is 38.3 Å². The number of rotatable bonds is 10. The summed E-state index contributed by atoms with van der Waals surface area (Å²) < 4.78 is 6.29. The molecule has 1 aromatic carbocycles. The Morgan fingerprint density at radius 2 is 2.16 bits per heavy atom. The molecule has 2 aromatic rings. The number of aromatic nitrogens is 3. The van der Waals surface area contributed by atoms with Crippen LogP contribution in [0.4, 0.5) is 0 Å². The van der Waals surface area contributed by atoms with Gasteiger partial charge in [-0.25, -0.2) is 4.68 Å². The molecular weight excluding hydrogens is 494 g/mol. The molecule has 10 nitrogen and oxygen atoms in total. The summed E-state index contributed by atoms with van der Waals surface area (Å²) in [6.07, 6.45) is 3.53. The van der Waals surface area contributed by atoms with Crippen LogP contribution < -0.4 is 0 Å². The molecule has 3 saturated heterocycles. The highest BCUT2D eigenvalue weighted by Crippen LogP contribution is 2.67. The van der Waals surface area contributed by atoms with Gasteiger partial charge in [0.2, 0.25) is 11.8 Å². The number of aliphatic hydroxyl groups excluding tert-OH is 1. The second-order valence-corrected chi connectivity index (χ2v) is 11.5. The average Bonchev–Trinajstić information content (AvgIpc) is 3.64. The summed E-state index contributed by atoms with van der Waals surface area (Å²) in [4.78, 5) is 44.6. The Morgan fingerprint density at radius 3 is 2.86 bits per heavy atom. The second kappa shape index (κ2) is 10.1. The fraction of sp³-hybridized carbons (Fsp3) is 0.577. The third-order valence-electron chi connectivity index (χ3n) is 7.99. The molecule has 3 fully saturated rings. The van der Waals surface area contributed by atoms with Gasteiger partial charge in [-0.3, -0.25) is 14.4 Å². The van der Waals surface area contributed by atoms with Gasteiger partial charge < -0.3 is 19.6 Å². The molecule has 6 atom stereocenters. The maximum Gasteiger partial charge on any atom is 0.310 e. The third kappa shape index (κ3) is 3.94. The Morgan fingerprint density at radius 1 is 1.38 bits per heavy atom. The van der Waals surface area contributed by atoms with E-state index in [0.29, 0.717) is 12.8 Å². The fourth-order valence-electron chi connectivity index (χ4n) is 6.41. The van der Waals surface area contributed by atoms with Crippen molar-refractivity contribution in [3.05, 3.63) is 36.9 Å². The molecule has 2 amide bonds. The van der Waals surface area contributed by atoms with E-state index < -0.39 is 28.7 Å². The van der Waals surface area contributed by atoms with Crippen molar-refractivity contribution in [2.45, 2.75) is 61.9 Å². The second-order valence-electron chi connectivity index (χ2n) is 9.87. The Kier molecular flexibility index (Phi) is 7.01. The Hall–Kier alpha value is -2.92. The molecule has 3 aliphatic rings. The zero-order valence-corrected chi connectivity index (χ0v) is 22.0. The SMILES string of the molecule is C=CCN(Cn1nnc2ccccc21)C(=O)C1N([C@@H](CC)CO)C(=O)[C@@H]2[C@@H](C(=O)OCC)[C@H]3CCC12S3. The molecule has 37 heavy (non-hydrogen) atoms. The number of para-hydroxylation sites is 1. The van der Waals surface area contributed by atoms with Crippen molar-refractivity contribution in [2.75, 3.05) is 19.8 Å². The Balaban J connectivity index is 1.55. The largest absolute Gasteiger partial charge is 0.466 e. The van der Waals surface area contributed by atoms with Crippen LogP contribution in [0.2, 0.25) is 0 Å². The number of esters is 1. The van der Waals surface area contributed by atoms with Crippen molar-refractivity contribution in [3.63, 3.8) is 0 Å². The summed E-state index contributed by atoms with van der Waals surface area (Å²) in [5.41, 5.74) is 1.51. The number of aliphatic hydroxyl groups is 1. The number of thioether (sulfide) groups is 1. The molecule has 11 heteroatoms. The van der Waals surface area contributed by atoms with E-state index in [1.54, 1.807) is 39.2 Å². The van der Waals surface area contributed by atoms with Crippen molar-refractivity contribution in [1.82, 2.24) is 24.8 Å². The lowest BCUT2D eigenvalue weighted by molar-refractivity contribution is -0.154. The highest BCUT2D eigenvalue weighted by atomic mass is 32.2. The molecule has 0 aliphatic carbocycles. The molecule has 2 bridgehead atoms. The van der Waals surface area contributed by atoms with Crippen molar-refractivity contribution in [2.24, 2.45) is 11.8 Å². The van der Waals surface area contributed by atoms with Crippen molar-refractivity contribution < 1.29 is 24.2 Å². The predicted octanol–water partition coefficient (Wildman–Crippen LogP) is 1.83. The van der Waals surface area contributed by atoms with Crippen LogP contribution in [0.5, 0.6) is 0 Å². The van der Waals surface area contributed by atoms with Crippen LogP contribution in [0.1, 0.15) is 33.1 Å². The number of hydrogen-bond acceptors (Lipinski definition) is 8. The summed E-state index contributed by atoms with van der Waals surface area (Å²) >= 11 is 1.59. The number of nitrogens with zero attached hydrogens (tertiary/aromatic N) is 5. The first-order valence-corrected chi connectivity index (χ1v) is 13.7. The lowest BCUT2D eigenvalue weighted by Crippen LogP contribution is -2.57. The minimum atomic E-state index is -0.814. The molecule has 0 radical (unpaired) electrons. The number of carbonyl (C=O) groups is 3. The van der Waals surface area contributed by atoms with Gasteiger partial charge >= 0.3 is 5.97 Å². The van der Waals surface area contributed by atoms with Crippen LogP contribution >= 0.6 is 11.8 Å². The smallest absolute Gasteiger partial charge is 0.310 e. The van der Waals surface area contributed by atoms with Gasteiger partial charge in [-0.15, -0.1) is 23.4 Å². The van der Waals surface area contributed by atoms with E-state index >= 15 is 0 Å². The summed E-state index contributed by atoms with van der Waals surface area (Å²) in [5, 5.41) is 18.6. The van der Waals surface area contributed by atoms with Gasteiger partial charge in [-0.1, -0.05) is 30.3 Å². The maximum atomic E-state index is 14.4. The van der Waals surface area contributed by atoms with Gasteiger partial charge in [-0.2, -0.15) is 0 Å². The molecule has 5 rings (SSSR count). The topological polar surface area (TPSA) is 118 Å². The number of amides is 2. The predicted molar refractivity (Wildman–Crippen MR) is 138 cm³/mol. The quantitative estimate of drug-likeness (QED) is 0.367. The Bertz CT molecular complexity index is 1210. The molecule has 1 aromatic heterocycles. The first-order chi connectivity index (χ1) is 17.9. The van der Waals surface area contributed by atoms with E-state index in [0.717, 1.165) is 17.5 Å². The first kappa shape index (κ1) is 25.7. The van der Waals surface area contributed by atoms with E-state index in [9.17, 15) is 19.5 Å². The zero-order chi connectivity index (χ0) is 26.3. The number of fused-ring (bicyclic) bond motifs is 2. The van der Waals surface area contributed by atoms with E-state index in [-0.39, 0.29) is 49.5 Å². The summed E-state index contributed by atoms with van der Waals surface area (Å²) in [5.74, 6) is -2.09. The van der Waals surface area contributed by atoms with Gasteiger partial charge in [0, 0.05) is 11.8 Å². The number of carbonyl (C=O) groups excluding carboxylic acids is 3. The normalized spacial score (nSPS) is 28.9. The first-order valence-electron chi connectivity index (χ1n) is 12.9. The molecule has 1 N–H and O–H groups in total. The number of hydrogen-bond donors (Lipinski definition) is 1. The minimum absolute atomic E-state index is 0.0632. The average molecular weight is 528 g/mol. The maximum absolute atomic E-state index is 14.4. The van der Waals surface area contributed by atoms with Crippen LogP contribution in [0.15, 0.2) is 36.9 Å². The van der Waals surface area contributed by atoms with Gasteiger partial charge in [0.1, 0.15) is 18.2 Å². The molecular formula is C26H33N5O5S.